The van der Waals surface area contributed by atoms with Crippen LogP contribution < -0.4 is 10.6 Å². The Morgan fingerprint density at radius 3 is 2.63 bits per heavy atom. The molecule has 0 atom stereocenters. The van der Waals surface area contributed by atoms with Gasteiger partial charge in [-0.15, -0.1) is 0 Å². The van der Waals surface area contributed by atoms with E-state index in [4.69, 9.17) is 0 Å². The van der Waals surface area contributed by atoms with Crippen LogP contribution in [0.1, 0.15) is 50.5 Å². The highest BCUT2D eigenvalue weighted by atomic mass is 16.1. The van der Waals surface area contributed by atoms with Crippen molar-refractivity contribution in [3.05, 3.63) is 18.1 Å². The molecule has 2 N–H and O–H groups in total. The standard InChI is InChI=1S/C14H24N4O/c1-4-7-15-13-10-17-12(9-18-13)14(19)16-8-5-6-11(2)3/h9-11H,4-8H2,1-3H3,(H,15,18)(H,16,19). The van der Waals surface area contributed by atoms with Gasteiger partial charge < -0.3 is 10.6 Å². The Morgan fingerprint density at radius 2 is 2.05 bits per heavy atom. The Kier molecular flexibility index (Phi) is 6.85. The van der Waals surface area contributed by atoms with E-state index in [-0.39, 0.29) is 5.91 Å². The van der Waals surface area contributed by atoms with Crippen molar-refractivity contribution >= 4 is 11.7 Å². The predicted molar refractivity (Wildman–Crippen MR) is 77.2 cm³/mol. The van der Waals surface area contributed by atoms with E-state index in [9.17, 15) is 4.79 Å². The second-order valence-corrected chi connectivity index (χ2v) is 5.01. The highest BCUT2D eigenvalue weighted by Crippen LogP contribution is 2.03. The number of carbonyl (C=O) groups excluding carboxylic acids is 1. The molecule has 19 heavy (non-hydrogen) atoms. The van der Waals surface area contributed by atoms with Crippen LogP contribution in [0.4, 0.5) is 5.82 Å². The molecule has 0 saturated heterocycles. The molecule has 1 aromatic heterocycles. The molecule has 0 radical (unpaired) electrons. The van der Waals surface area contributed by atoms with Crippen molar-refractivity contribution in [3.8, 4) is 0 Å². The number of nitrogens with one attached hydrogen (secondary N) is 2. The van der Waals surface area contributed by atoms with E-state index < -0.39 is 0 Å². The molecular formula is C14H24N4O. The molecule has 5 nitrogen and oxygen atoms in total. The average Bonchev–Trinajstić information content (AvgIpc) is 2.41. The SMILES string of the molecule is CCCNc1cnc(C(=O)NCCCC(C)C)cn1. The minimum Gasteiger partial charge on any atom is -0.369 e. The fraction of sp³-hybridized carbons (Fsp3) is 0.643. The molecule has 0 unspecified atom stereocenters. The van der Waals surface area contributed by atoms with E-state index in [1.165, 1.54) is 6.20 Å². The van der Waals surface area contributed by atoms with Crippen LogP contribution in [0.15, 0.2) is 12.4 Å². The molecule has 5 heteroatoms. The minimum absolute atomic E-state index is 0.154. The third-order valence-electron chi connectivity index (χ3n) is 2.68. The monoisotopic (exact) mass is 264 g/mol. The van der Waals surface area contributed by atoms with E-state index >= 15 is 0 Å². The number of carbonyl (C=O) groups is 1. The van der Waals surface area contributed by atoms with Gasteiger partial charge in [0.25, 0.3) is 5.91 Å². The van der Waals surface area contributed by atoms with Crippen LogP contribution in [0.5, 0.6) is 0 Å². The van der Waals surface area contributed by atoms with Crippen molar-refractivity contribution in [3.63, 3.8) is 0 Å². The Hall–Kier alpha value is -1.65. The minimum atomic E-state index is -0.154. The second kappa shape index (κ2) is 8.45. The maximum absolute atomic E-state index is 11.8. The van der Waals surface area contributed by atoms with Gasteiger partial charge in [0.15, 0.2) is 0 Å². The lowest BCUT2D eigenvalue weighted by molar-refractivity contribution is 0.0947. The Morgan fingerprint density at radius 1 is 1.26 bits per heavy atom. The van der Waals surface area contributed by atoms with Crippen molar-refractivity contribution in [1.29, 1.82) is 0 Å². The van der Waals surface area contributed by atoms with E-state index in [2.05, 4.69) is 41.4 Å². The van der Waals surface area contributed by atoms with Gasteiger partial charge in [0.05, 0.1) is 12.4 Å². The van der Waals surface area contributed by atoms with Crippen LogP contribution in [0.2, 0.25) is 0 Å². The summed E-state index contributed by atoms with van der Waals surface area (Å²) in [7, 11) is 0. The van der Waals surface area contributed by atoms with Crippen molar-refractivity contribution in [1.82, 2.24) is 15.3 Å². The average molecular weight is 264 g/mol. The van der Waals surface area contributed by atoms with Gasteiger partial charge in [-0.2, -0.15) is 0 Å². The third-order valence-corrected chi connectivity index (χ3v) is 2.68. The molecule has 1 rings (SSSR count). The van der Waals surface area contributed by atoms with Crippen LogP contribution >= 0.6 is 0 Å². The fourth-order valence-electron chi connectivity index (χ4n) is 1.59. The first kappa shape index (κ1) is 15.4. The molecule has 1 amide bonds. The third kappa shape index (κ3) is 6.18. The molecule has 1 heterocycles. The second-order valence-electron chi connectivity index (χ2n) is 5.01. The van der Waals surface area contributed by atoms with Gasteiger partial charge in [-0.3, -0.25) is 4.79 Å². The number of anilines is 1. The predicted octanol–water partition coefficient (Wildman–Crippen LogP) is 2.46. The van der Waals surface area contributed by atoms with E-state index in [0.717, 1.165) is 25.8 Å². The molecular weight excluding hydrogens is 240 g/mol. The van der Waals surface area contributed by atoms with Crippen LogP contribution in [0.25, 0.3) is 0 Å². The molecule has 0 saturated carbocycles. The molecule has 0 aliphatic rings. The quantitative estimate of drug-likeness (QED) is 0.708. The van der Waals surface area contributed by atoms with Gasteiger partial charge in [0, 0.05) is 13.1 Å². The highest BCUT2D eigenvalue weighted by molar-refractivity contribution is 5.91. The smallest absolute Gasteiger partial charge is 0.271 e. The zero-order valence-corrected chi connectivity index (χ0v) is 12.1. The lowest BCUT2D eigenvalue weighted by Crippen LogP contribution is -2.25. The maximum Gasteiger partial charge on any atom is 0.271 e. The first-order valence-corrected chi connectivity index (χ1v) is 6.97. The maximum atomic E-state index is 11.8. The van der Waals surface area contributed by atoms with Gasteiger partial charge in [-0.25, -0.2) is 9.97 Å². The molecule has 106 valence electrons. The number of hydrogen-bond acceptors (Lipinski definition) is 4. The summed E-state index contributed by atoms with van der Waals surface area (Å²) >= 11 is 0. The fourth-order valence-corrected chi connectivity index (χ4v) is 1.59. The van der Waals surface area contributed by atoms with Crippen molar-refractivity contribution in [2.75, 3.05) is 18.4 Å². The Labute approximate surface area is 115 Å². The largest absolute Gasteiger partial charge is 0.369 e. The number of nitrogens with zero attached hydrogens (tertiary/aromatic N) is 2. The van der Waals surface area contributed by atoms with Crippen LogP contribution in [0, 0.1) is 5.92 Å². The van der Waals surface area contributed by atoms with Gasteiger partial charge in [0.2, 0.25) is 0 Å². The van der Waals surface area contributed by atoms with Gasteiger partial charge in [-0.05, 0) is 25.2 Å². The summed E-state index contributed by atoms with van der Waals surface area (Å²) in [6.07, 6.45) is 6.24. The van der Waals surface area contributed by atoms with E-state index in [1.54, 1.807) is 6.20 Å². The highest BCUT2D eigenvalue weighted by Gasteiger charge is 2.07. The summed E-state index contributed by atoms with van der Waals surface area (Å²) in [5, 5.41) is 5.97. The Balaban J connectivity index is 2.36. The molecule has 1 aromatic rings. The Bertz CT molecular complexity index is 376. The van der Waals surface area contributed by atoms with Crippen LogP contribution in [0.3, 0.4) is 0 Å². The molecule has 0 aromatic carbocycles. The summed E-state index contributed by atoms with van der Waals surface area (Å²) in [6.45, 7) is 7.98. The lowest BCUT2D eigenvalue weighted by atomic mass is 10.1. The van der Waals surface area contributed by atoms with Gasteiger partial charge in [-0.1, -0.05) is 20.8 Å². The topological polar surface area (TPSA) is 66.9 Å². The number of amides is 1. The lowest BCUT2D eigenvalue weighted by Gasteiger charge is -2.07. The van der Waals surface area contributed by atoms with E-state index in [0.29, 0.717) is 24.0 Å². The summed E-state index contributed by atoms with van der Waals surface area (Å²) in [5.74, 6) is 1.22. The number of rotatable bonds is 8. The summed E-state index contributed by atoms with van der Waals surface area (Å²) in [4.78, 5) is 20.0. The molecule has 0 spiro atoms. The first-order chi connectivity index (χ1) is 9.13. The molecule has 0 aliphatic heterocycles. The summed E-state index contributed by atoms with van der Waals surface area (Å²) < 4.78 is 0. The zero-order chi connectivity index (χ0) is 14.1. The molecule has 0 bridgehead atoms. The molecule has 0 aliphatic carbocycles. The van der Waals surface area contributed by atoms with Crippen LogP contribution in [-0.4, -0.2) is 29.0 Å². The van der Waals surface area contributed by atoms with E-state index in [1.807, 2.05) is 0 Å². The van der Waals surface area contributed by atoms with Crippen LogP contribution in [-0.2, 0) is 0 Å². The van der Waals surface area contributed by atoms with Gasteiger partial charge >= 0.3 is 0 Å². The first-order valence-electron chi connectivity index (χ1n) is 6.97. The van der Waals surface area contributed by atoms with Crippen molar-refractivity contribution in [2.24, 2.45) is 5.92 Å². The number of hydrogen-bond donors (Lipinski definition) is 2. The number of aromatic nitrogens is 2. The summed E-state index contributed by atoms with van der Waals surface area (Å²) in [5.41, 5.74) is 0.367. The molecule has 0 fully saturated rings. The van der Waals surface area contributed by atoms with Crippen molar-refractivity contribution < 1.29 is 4.79 Å². The summed E-state index contributed by atoms with van der Waals surface area (Å²) in [6, 6.07) is 0. The van der Waals surface area contributed by atoms with Crippen molar-refractivity contribution in [2.45, 2.75) is 40.0 Å². The zero-order valence-electron chi connectivity index (χ0n) is 12.1. The normalized spacial score (nSPS) is 10.5. The van der Waals surface area contributed by atoms with Gasteiger partial charge in [0.1, 0.15) is 11.5 Å².